The normalized spacial score (nSPS) is 11.0. The summed E-state index contributed by atoms with van der Waals surface area (Å²) in [5.74, 6) is -0.169. The van der Waals surface area contributed by atoms with Crippen molar-refractivity contribution in [1.29, 1.82) is 0 Å². The average Bonchev–Trinajstić information content (AvgIpc) is 2.22. The highest BCUT2D eigenvalue weighted by atomic mass is 19.1. The summed E-state index contributed by atoms with van der Waals surface area (Å²) in [5, 5.41) is 8.83. The number of rotatable bonds is 5. The minimum absolute atomic E-state index is 0.112. The van der Waals surface area contributed by atoms with Crippen molar-refractivity contribution in [3.63, 3.8) is 0 Å². The van der Waals surface area contributed by atoms with E-state index in [0.29, 0.717) is 18.7 Å². The number of hydrogen-bond acceptors (Lipinski definition) is 2. The molecule has 0 atom stereocenters. The first-order valence-electron chi connectivity index (χ1n) is 5.25. The molecule has 0 fully saturated rings. The van der Waals surface area contributed by atoms with Crippen LogP contribution in [-0.4, -0.2) is 29.7 Å². The van der Waals surface area contributed by atoms with Crippen LogP contribution in [0.2, 0.25) is 0 Å². The third kappa shape index (κ3) is 3.61. The summed E-state index contributed by atoms with van der Waals surface area (Å²) in [5.41, 5.74) is 1.76. The molecule has 0 saturated carbocycles. The molecule has 15 heavy (non-hydrogen) atoms. The van der Waals surface area contributed by atoms with Gasteiger partial charge in [0.25, 0.3) is 0 Å². The minimum Gasteiger partial charge on any atom is -0.395 e. The van der Waals surface area contributed by atoms with E-state index in [1.807, 2.05) is 24.8 Å². The van der Waals surface area contributed by atoms with Crippen LogP contribution in [-0.2, 0) is 6.54 Å². The molecule has 1 aromatic carbocycles. The van der Waals surface area contributed by atoms with Gasteiger partial charge in [0.1, 0.15) is 5.82 Å². The highest BCUT2D eigenvalue weighted by Gasteiger charge is 2.07. The standard InChI is InChI=1S/C12H18FNO/c1-3-14(6-7-15)9-11-8-10(2)4-5-12(11)13/h4-5,8,15H,3,6-7,9H2,1-2H3. The molecule has 3 heteroatoms. The summed E-state index contributed by atoms with van der Waals surface area (Å²) >= 11 is 0. The molecule has 0 aliphatic rings. The zero-order valence-electron chi connectivity index (χ0n) is 9.33. The lowest BCUT2D eigenvalue weighted by Crippen LogP contribution is -2.26. The Balaban J connectivity index is 2.73. The molecule has 0 bridgehead atoms. The molecule has 2 nitrogen and oxygen atoms in total. The second kappa shape index (κ2) is 5.83. The third-order valence-corrected chi connectivity index (χ3v) is 2.46. The van der Waals surface area contributed by atoms with Crippen molar-refractivity contribution in [3.8, 4) is 0 Å². The Morgan fingerprint density at radius 2 is 2.13 bits per heavy atom. The van der Waals surface area contributed by atoms with E-state index in [0.717, 1.165) is 12.1 Å². The maximum Gasteiger partial charge on any atom is 0.127 e. The van der Waals surface area contributed by atoms with Crippen molar-refractivity contribution in [2.24, 2.45) is 0 Å². The largest absolute Gasteiger partial charge is 0.395 e. The van der Waals surface area contributed by atoms with Gasteiger partial charge in [-0.3, -0.25) is 4.90 Å². The summed E-state index contributed by atoms with van der Waals surface area (Å²) in [7, 11) is 0. The van der Waals surface area contributed by atoms with Gasteiger partial charge < -0.3 is 5.11 Å². The predicted molar refractivity (Wildman–Crippen MR) is 59.2 cm³/mol. The van der Waals surface area contributed by atoms with E-state index in [2.05, 4.69) is 0 Å². The van der Waals surface area contributed by atoms with Crippen LogP contribution in [0.15, 0.2) is 18.2 Å². The maximum atomic E-state index is 13.4. The Bertz CT molecular complexity index is 314. The van der Waals surface area contributed by atoms with Crippen LogP contribution in [0.5, 0.6) is 0 Å². The van der Waals surface area contributed by atoms with Crippen LogP contribution in [0, 0.1) is 12.7 Å². The lowest BCUT2D eigenvalue weighted by atomic mass is 10.1. The van der Waals surface area contributed by atoms with Crippen LogP contribution in [0.4, 0.5) is 4.39 Å². The second-order valence-electron chi connectivity index (χ2n) is 3.69. The Kier molecular flexibility index (Phi) is 4.72. The lowest BCUT2D eigenvalue weighted by Gasteiger charge is -2.19. The molecule has 0 aromatic heterocycles. The van der Waals surface area contributed by atoms with Crippen LogP contribution < -0.4 is 0 Å². The summed E-state index contributed by atoms with van der Waals surface area (Å²) in [6, 6.07) is 5.12. The molecule has 1 rings (SSSR count). The first-order chi connectivity index (χ1) is 7.17. The molecule has 1 aromatic rings. The Hall–Kier alpha value is -0.930. The lowest BCUT2D eigenvalue weighted by molar-refractivity contribution is 0.195. The molecule has 0 aliphatic heterocycles. The van der Waals surface area contributed by atoms with Crippen molar-refractivity contribution >= 4 is 0 Å². The fraction of sp³-hybridized carbons (Fsp3) is 0.500. The van der Waals surface area contributed by atoms with E-state index < -0.39 is 0 Å². The summed E-state index contributed by atoms with van der Waals surface area (Å²) in [6.45, 7) is 6.03. The highest BCUT2D eigenvalue weighted by Crippen LogP contribution is 2.12. The van der Waals surface area contributed by atoms with E-state index >= 15 is 0 Å². The number of likely N-dealkylation sites (N-methyl/N-ethyl adjacent to an activating group) is 1. The average molecular weight is 211 g/mol. The van der Waals surface area contributed by atoms with Crippen molar-refractivity contribution in [2.75, 3.05) is 19.7 Å². The van der Waals surface area contributed by atoms with Gasteiger partial charge in [-0.05, 0) is 19.5 Å². The zero-order chi connectivity index (χ0) is 11.3. The first kappa shape index (κ1) is 12.1. The van der Waals surface area contributed by atoms with Crippen LogP contribution in [0.25, 0.3) is 0 Å². The number of aliphatic hydroxyl groups is 1. The van der Waals surface area contributed by atoms with Crippen molar-refractivity contribution < 1.29 is 9.50 Å². The SMILES string of the molecule is CCN(CCO)Cc1cc(C)ccc1F. The molecule has 0 heterocycles. The summed E-state index contributed by atoms with van der Waals surface area (Å²) in [4.78, 5) is 2.01. The second-order valence-corrected chi connectivity index (χ2v) is 3.69. The van der Waals surface area contributed by atoms with Gasteiger partial charge in [-0.15, -0.1) is 0 Å². The smallest absolute Gasteiger partial charge is 0.127 e. The van der Waals surface area contributed by atoms with Crippen molar-refractivity contribution in [1.82, 2.24) is 4.90 Å². The van der Waals surface area contributed by atoms with Gasteiger partial charge >= 0.3 is 0 Å². The Labute approximate surface area is 90.3 Å². The first-order valence-corrected chi connectivity index (χ1v) is 5.25. The van der Waals surface area contributed by atoms with Gasteiger partial charge in [0.2, 0.25) is 0 Å². The van der Waals surface area contributed by atoms with Crippen LogP contribution in [0.3, 0.4) is 0 Å². The Morgan fingerprint density at radius 1 is 1.40 bits per heavy atom. The van der Waals surface area contributed by atoms with E-state index in [4.69, 9.17) is 5.11 Å². The number of benzene rings is 1. The molecule has 0 aliphatic carbocycles. The van der Waals surface area contributed by atoms with Crippen molar-refractivity contribution in [3.05, 3.63) is 35.1 Å². The molecule has 0 radical (unpaired) electrons. The van der Waals surface area contributed by atoms with Crippen molar-refractivity contribution in [2.45, 2.75) is 20.4 Å². The molecular weight excluding hydrogens is 193 g/mol. The van der Waals surface area contributed by atoms with Gasteiger partial charge in [0, 0.05) is 18.7 Å². The van der Waals surface area contributed by atoms with Crippen LogP contribution >= 0.6 is 0 Å². The summed E-state index contributed by atoms with van der Waals surface area (Å²) in [6.07, 6.45) is 0. The number of aryl methyl sites for hydroxylation is 1. The van der Waals surface area contributed by atoms with E-state index in [9.17, 15) is 4.39 Å². The van der Waals surface area contributed by atoms with E-state index in [1.165, 1.54) is 6.07 Å². The number of hydrogen-bond donors (Lipinski definition) is 1. The van der Waals surface area contributed by atoms with Gasteiger partial charge in [-0.1, -0.05) is 24.6 Å². The highest BCUT2D eigenvalue weighted by molar-refractivity contribution is 5.23. The molecule has 0 unspecified atom stereocenters. The fourth-order valence-corrected chi connectivity index (χ4v) is 1.56. The molecule has 0 spiro atoms. The number of halogens is 1. The van der Waals surface area contributed by atoms with Gasteiger partial charge in [-0.25, -0.2) is 4.39 Å². The number of nitrogens with zero attached hydrogens (tertiary/aromatic N) is 1. The maximum absolute atomic E-state index is 13.4. The molecule has 84 valence electrons. The van der Waals surface area contributed by atoms with Crippen LogP contribution in [0.1, 0.15) is 18.1 Å². The predicted octanol–water partition coefficient (Wildman–Crippen LogP) is 1.95. The molecular formula is C12H18FNO. The molecule has 1 N–H and O–H groups in total. The van der Waals surface area contributed by atoms with E-state index in [-0.39, 0.29) is 12.4 Å². The van der Waals surface area contributed by atoms with E-state index in [1.54, 1.807) is 6.07 Å². The minimum atomic E-state index is -0.169. The van der Waals surface area contributed by atoms with Gasteiger partial charge in [-0.2, -0.15) is 0 Å². The fourth-order valence-electron chi connectivity index (χ4n) is 1.56. The van der Waals surface area contributed by atoms with Gasteiger partial charge in [0.15, 0.2) is 0 Å². The number of aliphatic hydroxyl groups excluding tert-OH is 1. The third-order valence-electron chi connectivity index (χ3n) is 2.46. The monoisotopic (exact) mass is 211 g/mol. The zero-order valence-corrected chi connectivity index (χ0v) is 9.33. The molecule has 0 saturated heterocycles. The van der Waals surface area contributed by atoms with Gasteiger partial charge in [0.05, 0.1) is 6.61 Å². The topological polar surface area (TPSA) is 23.5 Å². The molecule has 0 amide bonds. The quantitative estimate of drug-likeness (QED) is 0.804. The Morgan fingerprint density at radius 3 is 2.73 bits per heavy atom. The summed E-state index contributed by atoms with van der Waals surface area (Å²) < 4.78 is 13.4.